The number of rotatable bonds is 3. The second kappa shape index (κ2) is 5.76. The molecule has 2 aromatic rings. The van der Waals surface area contributed by atoms with E-state index in [1.165, 1.54) is 28.9 Å². The van der Waals surface area contributed by atoms with Crippen LogP contribution in [0, 0.1) is 5.82 Å². The van der Waals surface area contributed by atoms with Crippen LogP contribution in [0.3, 0.4) is 0 Å². The lowest BCUT2D eigenvalue weighted by atomic mass is 9.88. The second-order valence-corrected chi connectivity index (χ2v) is 5.82. The number of nitrogens with one attached hydrogen (secondary N) is 1. The first-order valence-electron chi connectivity index (χ1n) is 7.41. The lowest BCUT2D eigenvalue weighted by Gasteiger charge is -2.27. The minimum absolute atomic E-state index is 0.174. The van der Waals surface area contributed by atoms with Crippen molar-refractivity contribution in [1.29, 1.82) is 0 Å². The maximum Gasteiger partial charge on any atom is 0.123 e. The summed E-state index contributed by atoms with van der Waals surface area (Å²) in [5.74, 6) is 1.09. The van der Waals surface area contributed by atoms with Crippen LogP contribution in [-0.2, 0) is 6.42 Å². The standard InChI is InChI=1S/C18H20FNO/c1-12(2)21-17-7-8-18-14(10-17)9-15(11-20-18)13-3-5-16(19)6-4-13/h3-8,10,12,15,20H,9,11H2,1-2H3. The minimum Gasteiger partial charge on any atom is -0.491 e. The van der Waals surface area contributed by atoms with E-state index in [-0.39, 0.29) is 11.9 Å². The Morgan fingerprint density at radius 1 is 1.14 bits per heavy atom. The van der Waals surface area contributed by atoms with Crippen molar-refractivity contribution in [2.24, 2.45) is 0 Å². The summed E-state index contributed by atoms with van der Waals surface area (Å²) in [5.41, 5.74) is 3.60. The van der Waals surface area contributed by atoms with Crippen molar-refractivity contribution in [3.8, 4) is 5.75 Å². The zero-order valence-electron chi connectivity index (χ0n) is 12.4. The third-order valence-electron chi connectivity index (χ3n) is 3.80. The Labute approximate surface area is 125 Å². The molecule has 3 rings (SSSR count). The number of hydrogen-bond donors (Lipinski definition) is 1. The fourth-order valence-corrected chi connectivity index (χ4v) is 2.80. The number of fused-ring (bicyclic) bond motifs is 1. The van der Waals surface area contributed by atoms with Gasteiger partial charge < -0.3 is 10.1 Å². The van der Waals surface area contributed by atoms with Gasteiger partial charge in [-0.25, -0.2) is 4.39 Å². The van der Waals surface area contributed by atoms with Crippen LogP contribution in [0.4, 0.5) is 10.1 Å². The van der Waals surface area contributed by atoms with Gasteiger partial charge in [-0.05, 0) is 61.7 Å². The van der Waals surface area contributed by atoms with Gasteiger partial charge in [0.1, 0.15) is 11.6 Å². The van der Waals surface area contributed by atoms with Crippen LogP contribution >= 0.6 is 0 Å². The van der Waals surface area contributed by atoms with Gasteiger partial charge in [0.2, 0.25) is 0 Å². The van der Waals surface area contributed by atoms with E-state index >= 15 is 0 Å². The summed E-state index contributed by atoms with van der Waals surface area (Å²) in [7, 11) is 0. The van der Waals surface area contributed by atoms with E-state index in [9.17, 15) is 4.39 Å². The van der Waals surface area contributed by atoms with Gasteiger partial charge in [-0.2, -0.15) is 0 Å². The molecule has 0 saturated carbocycles. The lowest BCUT2D eigenvalue weighted by Crippen LogP contribution is -2.21. The molecule has 0 fully saturated rings. The molecule has 0 amide bonds. The Morgan fingerprint density at radius 3 is 2.62 bits per heavy atom. The predicted molar refractivity (Wildman–Crippen MR) is 83.5 cm³/mol. The lowest BCUT2D eigenvalue weighted by molar-refractivity contribution is 0.242. The van der Waals surface area contributed by atoms with Crippen molar-refractivity contribution >= 4 is 5.69 Å². The van der Waals surface area contributed by atoms with Crippen molar-refractivity contribution < 1.29 is 9.13 Å². The van der Waals surface area contributed by atoms with Crippen molar-refractivity contribution in [1.82, 2.24) is 0 Å². The van der Waals surface area contributed by atoms with Crippen molar-refractivity contribution in [2.45, 2.75) is 32.3 Å². The van der Waals surface area contributed by atoms with Gasteiger partial charge in [0, 0.05) is 18.2 Å². The van der Waals surface area contributed by atoms with Crippen LogP contribution in [0.1, 0.15) is 30.9 Å². The van der Waals surface area contributed by atoms with Gasteiger partial charge in [0.15, 0.2) is 0 Å². The highest BCUT2D eigenvalue weighted by atomic mass is 19.1. The minimum atomic E-state index is -0.185. The van der Waals surface area contributed by atoms with Gasteiger partial charge in [-0.1, -0.05) is 12.1 Å². The van der Waals surface area contributed by atoms with Crippen LogP contribution in [0.2, 0.25) is 0 Å². The number of halogens is 1. The van der Waals surface area contributed by atoms with E-state index in [2.05, 4.69) is 17.4 Å². The topological polar surface area (TPSA) is 21.3 Å². The summed E-state index contributed by atoms with van der Waals surface area (Å²) in [4.78, 5) is 0. The maximum absolute atomic E-state index is 13.0. The highest BCUT2D eigenvalue weighted by Gasteiger charge is 2.20. The Morgan fingerprint density at radius 2 is 1.90 bits per heavy atom. The first-order valence-corrected chi connectivity index (χ1v) is 7.41. The summed E-state index contributed by atoms with van der Waals surface area (Å²) >= 11 is 0. The van der Waals surface area contributed by atoms with Crippen molar-refractivity contribution in [2.75, 3.05) is 11.9 Å². The Balaban J connectivity index is 1.81. The Hall–Kier alpha value is -2.03. The highest BCUT2D eigenvalue weighted by Crippen LogP contribution is 2.33. The molecule has 1 atom stereocenters. The third-order valence-corrected chi connectivity index (χ3v) is 3.80. The molecule has 0 bridgehead atoms. The number of anilines is 1. The molecule has 1 unspecified atom stereocenters. The zero-order chi connectivity index (χ0) is 14.8. The fraction of sp³-hybridized carbons (Fsp3) is 0.333. The Bertz CT molecular complexity index is 622. The highest BCUT2D eigenvalue weighted by molar-refractivity contribution is 5.57. The number of benzene rings is 2. The molecule has 0 aliphatic carbocycles. The average Bonchev–Trinajstić information content (AvgIpc) is 2.46. The van der Waals surface area contributed by atoms with E-state index in [0.29, 0.717) is 5.92 Å². The normalized spacial score (nSPS) is 17.2. The second-order valence-electron chi connectivity index (χ2n) is 5.82. The van der Waals surface area contributed by atoms with E-state index in [1.54, 1.807) is 0 Å². The van der Waals surface area contributed by atoms with Crippen LogP contribution in [-0.4, -0.2) is 12.6 Å². The summed E-state index contributed by atoms with van der Waals surface area (Å²) in [6.45, 7) is 4.93. The van der Waals surface area contributed by atoms with Crippen molar-refractivity contribution in [3.05, 3.63) is 59.4 Å². The Kier molecular flexibility index (Phi) is 3.82. The number of hydrogen-bond acceptors (Lipinski definition) is 2. The van der Waals surface area contributed by atoms with Crippen LogP contribution in [0.5, 0.6) is 5.75 Å². The van der Waals surface area contributed by atoms with Gasteiger partial charge >= 0.3 is 0 Å². The quantitative estimate of drug-likeness (QED) is 0.904. The molecular formula is C18H20FNO. The molecule has 2 aromatic carbocycles. The molecule has 110 valence electrons. The third kappa shape index (κ3) is 3.18. The van der Waals surface area contributed by atoms with Gasteiger partial charge in [0.05, 0.1) is 6.10 Å². The molecule has 0 saturated heterocycles. The molecule has 21 heavy (non-hydrogen) atoms. The summed E-state index contributed by atoms with van der Waals surface area (Å²) in [6.07, 6.45) is 1.12. The molecule has 1 N–H and O–H groups in total. The maximum atomic E-state index is 13.0. The summed E-state index contributed by atoms with van der Waals surface area (Å²) in [6, 6.07) is 13.0. The van der Waals surface area contributed by atoms with Crippen LogP contribution < -0.4 is 10.1 Å². The molecule has 0 aromatic heterocycles. The van der Waals surface area contributed by atoms with E-state index in [0.717, 1.165) is 18.7 Å². The van der Waals surface area contributed by atoms with E-state index in [1.807, 2.05) is 32.0 Å². The summed E-state index contributed by atoms with van der Waals surface area (Å²) < 4.78 is 18.8. The largest absolute Gasteiger partial charge is 0.491 e. The number of ether oxygens (including phenoxy) is 1. The molecule has 3 heteroatoms. The zero-order valence-corrected chi connectivity index (χ0v) is 12.4. The van der Waals surface area contributed by atoms with E-state index < -0.39 is 0 Å². The molecule has 0 radical (unpaired) electrons. The predicted octanol–water partition coefficient (Wildman–Crippen LogP) is 4.36. The smallest absolute Gasteiger partial charge is 0.123 e. The monoisotopic (exact) mass is 285 g/mol. The molecule has 1 aliphatic heterocycles. The molecule has 1 heterocycles. The van der Waals surface area contributed by atoms with Gasteiger partial charge in [-0.3, -0.25) is 0 Å². The average molecular weight is 285 g/mol. The van der Waals surface area contributed by atoms with Gasteiger partial charge in [0.25, 0.3) is 0 Å². The van der Waals surface area contributed by atoms with Crippen molar-refractivity contribution in [3.63, 3.8) is 0 Å². The van der Waals surface area contributed by atoms with Crippen LogP contribution in [0.15, 0.2) is 42.5 Å². The first kappa shape index (κ1) is 13.9. The molecule has 1 aliphatic rings. The molecule has 2 nitrogen and oxygen atoms in total. The van der Waals surface area contributed by atoms with Crippen LogP contribution in [0.25, 0.3) is 0 Å². The van der Waals surface area contributed by atoms with Gasteiger partial charge in [-0.15, -0.1) is 0 Å². The molecule has 0 spiro atoms. The first-order chi connectivity index (χ1) is 10.1. The fourth-order valence-electron chi connectivity index (χ4n) is 2.80. The SMILES string of the molecule is CC(C)Oc1ccc2c(c1)CC(c1ccc(F)cc1)CN2. The molecular weight excluding hydrogens is 265 g/mol. The summed E-state index contributed by atoms with van der Waals surface area (Å²) in [5, 5.41) is 3.46. The van der Waals surface area contributed by atoms with E-state index in [4.69, 9.17) is 4.74 Å².